The Hall–Kier alpha value is -1.59. The van der Waals surface area contributed by atoms with Gasteiger partial charge in [0.1, 0.15) is 5.75 Å². The molecule has 0 spiro atoms. The van der Waals surface area contributed by atoms with Crippen molar-refractivity contribution in [1.29, 1.82) is 0 Å². The number of nitrogens with one attached hydrogen (secondary N) is 1. The molecule has 1 saturated heterocycles. The molecule has 2 aliphatic rings. The van der Waals surface area contributed by atoms with E-state index in [4.69, 9.17) is 4.74 Å². The summed E-state index contributed by atoms with van der Waals surface area (Å²) in [6.45, 7) is 5.71. The Kier molecular flexibility index (Phi) is 5.41. The molecule has 1 aromatic rings. The predicted molar refractivity (Wildman–Crippen MR) is 95.1 cm³/mol. The van der Waals surface area contributed by atoms with Gasteiger partial charge < -0.3 is 15.0 Å². The van der Waals surface area contributed by atoms with Crippen molar-refractivity contribution in [3.05, 3.63) is 29.8 Å². The van der Waals surface area contributed by atoms with E-state index >= 15 is 0 Å². The van der Waals surface area contributed by atoms with E-state index in [0.717, 1.165) is 25.4 Å². The number of ether oxygens (including phenoxy) is 1. The molecular formula is C19H29N3O2. The molecule has 0 bridgehead atoms. The summed E-state index contributed by atoms with van der Waals surface area (Å²) in [5, 5.41) is 3.28. The van der Waals surface area contributed by atoms with Crippen LogP contribution >= 0.6 is 0 Å². The summed E-state index contributed by atoms with van der Waals surface area (Å²) < 4.78 is 5.23. The van der Waals surface area contributed by atoms with Crippen molar-refractivity contribution in [3.63, 3.8) is 0 Å². The Labute approximate surface area is 145 Å². The molecule has 24 heavy (non-hydrogen) atoms. The number of benzene rings is 1. The lowest BCUT2D eigenvalue weighted by atomic mass is 10.0. The quantitative estimate of drug-likeness (QED) is 0.865. The SMILES string of the molecule is COc1ccc(C(NC(=O)CN2CCN(C)CC2C)C2CC2)cc1. The second-order valence-electron chi connectivity index (χ2n) is 7.24. The van der Waals surface area contributed by atoms with Crippen molar-refractivity contribution in [2.75, 3.05) is 40.3 Å². The fourth-order valence-corrected chi connectivity index (χ4v) is 3.53. The van der Waals surface area contributed by atoms with E-state index in [-0.39, 0.29) is 11.9 Å². The average molecular weight is 331 g/mol. The van der Waals surface area contributed by atoms with E-state index < -0.39 is 0 Å². The van der Waals surface area contributed by atoms with Gasteiger partial charge in [-0.15, -0.1) is 0 Å². The van der Waals surface area contributed by atoms with Crippen LogP contribution in [0.15, 0.2) is 24.3 Å². The maximum atomic E-state index is 12.6. The van der Waals surface area contributed by atoms with Gasteiger partial charge in [-0.25, -0.2) is 0 Å². The molecule has 1 heterocycles. The van der Waals surface area contributed by atoms with E-state index in [1.807, 2.05) is 12.1 Å². The monoisotopic (exact) mass is 331 g/mol. The topological polar surface area (TPSA) is 44.8 Å². The minimum absolute atomic E-state index is 0.131. The molecule has 1 aliphatic heterocycles. The van der Waals surface area contributed by atoms with Crippen LogP contribution in [0.4, 0.5) is 0 Å². The fourth-order valence-electron chi connectivity index (χ4n) is 3.53. The zero-order valence-electron chi connectivity index (χ0n) is 15.0. The molecule has 1 amide bonds. The highest BCUT2D eigenvalue weighted by atomic mass is 16.5. The molecular weight excluding hydrogens is 302 g/mol. The van der Waals surface area contributed by atoms with Crippen molar-refractivity contribution < 1.29 is 9.53 Å². The molecule has 1 N–H and O–H groups in total. The molecule has 2 fully saturated rings. The summed E-state index contributed by atoms with van der Waals surface area (Å²) in [6.07, 6.45) is 2.39. The van der Waals surface area contributed by atoms with Gasteiger partial charge in [-0.1, -0.05) is 12.1 Å². The first-order valence-electron chi connectivity index (χ1n) is 8.92. The van der Waals surface area contributed by atoms with Crippen LogP contribution in [-0.2, 0) is 4.79 Å². The number of methoxy groups -OCH3 is 1. The van der Waals surface area contributed by atoms with Crippen molar-refractivity contribution >= 4 is 5.91 Å². The van der Waals surface area contributed by atoms with Crippen LogP contribution in [0.25, 0.3) is 0 Å². The number of carbonyl (C=O) groups excluding carboxylic acids is 1. The average Bonchev–Trinajstić information content (AvgIpc) is 3.40. The van der Waals surface area contributed by atoms with Gasteiger partial charge in [-0.3, -0.25) is 9.69 Å². The van der Waals surface area contributed by atoms with E-state index in [1.54, 1.807) is 7.11 Å². The van der Waals surface area contributed by atoms with Gasteiger partial charge in [-0.2, -0.15) is 0 Å². The predicted octanol–water partition coefficient (Wildman–Crippen LogP) is 1.90. The van der Waals surface area contributed by atoms with Crippen LogP contribution in [0.5, 0.6) is 5.75 Å². The van der Waals surface area contributed by atoms with Gasteiger partial charge in [0.05, 0.1) is 19.7 Å². The largest absolute Gasteiger partial charge is 0.497 e. The maximum absolute atomic E-state index is 12.6. The molecule has 3 rings (SSSR count). The first-order chi connectivity index (χ1) is 11.6. The number of hydrogen-bond acceptors (Lipinski definition) is 4. The fraction of sp³-hybridized carbons (Fsp3) is 0.632. The standard InChI is InChI=1S/C19H29N3O2/c1-14-12-21(2)10-11-22(14)13-18(23)20-19(15-4-5-15)16-6-8-17(24-3)9-7-16/h6-9,14-15,19H,4-5,10-13H2,1-3H3,(H,20,23). The lowest BCUT2D eigenvalue weighted by molar-refractivity contribution is -0.124. The van der Waals surface area contributed by atoms with Crippen LogP contribution in [0.1, 0.15) is 31.4 Å². The first-order valence-corrected chi connectivity index (χ1v) is 8.92. The summed E-state index contributed by atoms with van der Waals surface area (Å²) in [7, 11) is 3.81. The Morgan fingerprint density at radius 1 is 1.29 bits per heavy atom. The number of carbonyl (C=O) groups is 1. The van der Waals surface area contributed by atoms with Gasteiger partial charge >= 0.3 is 0 Å². The van der Waals surface area contributed by atoms with E-state index in [0.29, 0.717) is 18.5 Å². The molecule has 2 atom stereocenters. The first kappa shape index (κ1) is 17.2. The van der Waals surface area contributed by atoms with Crippen molar-refractivity contribution in [2.45, 2.75) is 31.8 Å². The highest BCUT2D eigenvalue weighted by Gasteiger charge is 2.34. The Balaban J connectivity index is 1.60. The highest BCUT2D eigenvalue weighted by molar-refractivity contribution is 5.78. The number of likely N-dealkylation sites (N-methyl/N-ethyl adjacent to an activating group) is 1. The zero-order chi connectivity index (χ0) is 17.1. The molecule has 0 aromatic heterocycles. The summed E-state index contributed by atoms with van der Waals surface area (Å²) >= 11 is 0. The van der Waals surface area contributed by atoms with Gasteiger partial charge in [-0.05, 0) is 50.4 Å². The van der Waals surface area contributed by atoms with E-state index in [2.05, 4.69) is 41.2 Å². The highest BCUT2D eigenvalue weighted by Crippen LogP contribution is 2.41. The molecule has 1 aliphatic carbocycles. The number of amides is 1. The van der Waals surface area contributed by atoms with Crippen LogP contribution in [-0.4, -0.2) is 62.1 Å². The number of hydrogen-bond donors (Lipinski definition) is 1. The molecule has 1 saturated carbocycles. The summed E-state index contributed by atoms with van der Waals surface area (Å²) in [4.78, 5) is 17.2. The minimum Gasteiger partial charge on any atom is -0.497 e. The van der Waals surface area contributed by atoms with Crippen LogP contribution in [0.3, 0.4) is 0 Å². The van der Waals surface area contributed by atoms with Gasteiger partial charge in [0.2, 0.25) is 5.91 Å². The lowest BCUT2D eigenvalue weighted by Crippen LogP contribution is -2.53. The molecule has 5 heteroatoms. The zero-order valence-corrected chi connectivity index (χ0v) is 15.0. The van der Waals surface area contributed by atoms with Crippen molar-refractivity contribution in [1.82, 2.24) is 15.1 Å². The van der Waals surface area contributed by atoms with Crippen molar-refractivity contribution in [2.24, 2.45) is 5.92 Å². The second kappa shape index (κ2) is 7.53. The summed E-state index contributed by atoms with van der Waals surface area (Å²) in [5.41, 5.74) is 1.18. The number of piperazine rings is 1. The Bertz CT molecular complexity index is 556. The van der Waals surface area contributed by atoms with Crippen LogP contribution in [0.2, 0.25) is 0 Å². The smallest absolute Gasteiger partial charge is 0.234 e. The van der Waals surface area contributed by atoms with E-state index in [9.17, 15) is 4.79 Å². The van der Waals surface area contributed by atoms with Crippen LogP contribution < -0.4 is 10.1 Å². The molecule has 5 nitrogen and oxygen atoms in total. The number of rotatable bonds is 6. The van der Waals surface area contributed by atoms with Crippen molar-refractivity contribution in [3.8, 4) is 5.75 Å². The van der Waals surface area contributed by atoms with Gasteiger partial charge in [0, 0.05) is 25.7 Å². The molecule has 0 radical (unpaired) electrons. The maximum Gasteiger partial charge on any atom is 0.234 e. The Morgan fingerprint density at radius 2 is 2.00 bits per heavy atom. The van der Waals surface area contributed by atoms with E-state index in [1.165, 1.54) is 18.4 Å². The number of nitrogens with zero attached hydrogens (tertiary/aromatic N) is 2. The minimum atomic E-state index is 0.131. The summed E-state index contributed by atoms with van der Waals surface area (Å²) in [6, 6.07) is 8.64. The lowest BCUT2D eigenvalue weighted by Gasteiger charge is -2.38. The third-order valence-corrected chi connectivity index (χ3v) is 5.20. The Morgan fingerprint density at radius 3 is 2.58 bits per heavy atom. The summed E-state index contributed by atoms with van der Waals surface area (Å²) in [5.74, 6) is 1.57. The molecule has 1 aromatic carbocycles. The third-order valence-electron chi connectivity index (χ3n) is 5.20. The molecule has 132 valence electrons. The van der Waals surface area contributed by atoms with Gasteiger partial charge in [0.15, 0.2) is 0 Å². The van der Waals surface area contributed by atoms with Crippen LogP contribution in [0, 0.1) is 5.92 Å². The normalized spacial score (nSPS) is 23.7. The third kappa shape index (κ3) is 4.28. The molecule has 2 unspecified atom stereocenters. The second-order valence-corrected chi connectivity index (χ2v) is 7.24. The van der Waals surface area contributed by atoms with Gasteiger partial charge in [0.25, 0.3) is 0 Å².